The summed E-state index contributed by atoms with van der Waals surface area (Å²) in [6.45, 7) is 0.352. The number of carbonyl (C=O) groups excluding carboxylic acids is 1. The monoisotopic (exact) mass is 466 g/mol. The Kier molecular flexibility index (Phi) is 7.57. The molecular formula is C22H21F3N2O4S. The van der Waals surface area contributed by atoms with Crippen LogP contribution in [0.4, 0.5) is 13.2 Å². The van der Waals surface area contributed by atoms with Crippen molar-refractivity contribution in [3.63, 3.8) is 0 Å². The van der Waals surface area contributed by atoms with Gasteiger partial charge in [0.15, 0.2) is 11.5 Å². The normalized spacial score (nSPS) is 11.2. The van der Waals surface area contributed by atoms with E-state index in [0.717, 1.165) is 16.1 Å². The second-order valence-electron chi connectivity index (χ2n) is 6.68. The summed E-state index contributed by atoms with van der Waals surface area (Å²) in [6, 6.07) is 11.0. The highest BCUT2D eigenvalue weighted by molar-refractivity contribution is 7.13. The number of aromatic nitrogens is 1. The summed E-state index contributed by atoms with van der Waals surface area (Å²) in [5.74, 6) is 0.748. The summed E-state index contributed by atoms with van der Waals surface area (Å²) in [7, 11) is 3.12. The van der Waals surface area contributed by atoms with E-state index in [1.54, 1.807) is 20.3 Å². The van der Waals surface area contributed by atoms with Crippen molar-refractivity contribution in [1.82, 2.24) is 10.3 Å². The van der Waals surface area contributed by atoms with Gasteiger partial charge >= 0.3 is 6.36 Å². The molecule has 0 spiro atoms. The number of hydrogen-bond donors (Lipinski definition) is 1. The standard InChI is InChI=1S/C22H21F3N2O4S/c1-29-18-8-5-15(11-19(18)30-2)21-27-16(13-32-21)12-20(28)26-10-9-14-3-6-17(7-4-14)31-22(23,24)25/h3-8,11,13H,9-10,12H2,1-2H3,(H,26,28). The molecule has 0 atom stereocenters. The van der Waals surface area contributed by atoms with Crippen molar-refractivity contribution in [2.24, 2.45) is 0 Å². The Labute approximate surface area is 187 Å². The minimum absolute atomic E-state index is 0.127. The molecule has 0 saturated heterocycles. The fourth-order valence-electron chi connectivity index (χ4n) is 2.92. The lowest BCUT2D eigenvalue weighted by Crippen LogP contribution is -2.27. The first-order chi connectivity index (χ1) is 15.3. The molecule has 6 nitrogen and oxygen atoms in total. The number of alkyl halides is 3. The van der Waals surface area contributed by atoms with Gasteiger partial charge in [-0.1, -0.05) is 12.1 Å². The van der Waals surface area contributed by atoms with Gasteiger partial charge in [0.05, 0.1) is 26.3 Å². The zero-order valence-corrected chi connectivity index (χ0v) is 18.2. The molecule has 0 saturated carbocycles. The molecule has 1 amide bonds. The van der Waals surface area contributed by atoms with E-state index >= 15 is 0 Å². The Balaban J connectivity index is 1.49. The van der Waals surface area contributed by atoms with Crippen LogP contribution in [0.1, 0.15) is 11.3 Å². The van der Waals surface area contributed by atoms with E-state index in [1.165, 1.54) is 35.6 Å². The van der Waals surface area contributed by atoms with Gasteiger partial charge in [-0.3, -0.25) is 4.79 Å². The van der Waals surface area contributed by atoms with Gasteiger partial charge in [-0.2, -0.15) is 0 Å². The SMILES string of the molecule is COc1ccc(-c2nc(CC(=O)NCCc3ccc(OC(F)(F)F)cc3)cs2)cc1OC. The largest absolute Gasteiger partial charge is 0.573 e. The third-order valence-electron chi connectivity index (χ3n) is 4.42. The summed E-state index contributed by atoms with van der Waals surface area (Å²) < 4.78 is 50.9. The first kappa shape index (κ1) is 23.4. The zero-order chi connectivity index (χ0) is 23.1. The van der Waals surface area contributed by atoms with Crippen LogP contribution in [0.15, 0.2) is 47.8 Å². The molecule has 3 aromatic rings. The molecule has 10 heteroatoms. The number of hydrogen-bond acceptors (Lipinski definition) is 6. The predicted molar refractivity (Wildman–Crippen MR) is 114 cm³/mol. The maximum absolute atomic E-state index is 12.2. The van der Waals surface area contributed by atoms with Crippen LogP contribution in [-0.4, -0.2) is 38.0 Å². The molecule has 0 fully saturated rings. The fraction of sp³-hybridized carbons (Fsp3) is 0.273. The van der Waals surface area contributed by atoms with Crippen LogP contribution >= 0.6 is 11.3 Å². The van der Waals surface area contributed by atoms with E-state index in [1.807, 2.05) is 17.5 Å². The van der Waals surface area contributed by atoms with Crippen LogP contribution in [-0.2, 0) is 17.6 Å². The van der Waals surface area contributed by atoms with E-state index in [-0.39, 0.29) is 18.1 Å². The highest BCUT2D eigenvalue weighted by Gasteiger charge is 2.30. The van der Waals surface area contributed by atoms with E-state index in [0.29, 0.717) is 30.2 Å². The Bertz CT molecular complexity index is 1050. The van der Waals surface area contributed by atoms with Crippen molar-refractivity contribution in [3.05, 3.63) is 59.1 Å². The van der Waals surface area contributed by atoms with E-state index in [9.17, 15) is 18.0 Å². The smallest absolute Gasteiger partial charge is 0.493 e. The molecule has 2 aromatic carbocycles. The average Bonchev–Trinajstić information content (AvgIpc) is 3.21. The minimum atomic E-state index is -4.72. The van der Waals surface area contributed by atoms with Crippen molar-refractivity contribution < 1.29 is 32.2 Å². The number of benzene rings is 2. The molecule has 1 N–H and O–H groups in total. The van der Waals surface area contributed by atoms with Gasteiger partial charge in [0, 0.05) is 17.5 Å². The van der Waals surface area contributed by atoms with E-state index in [2.05, 4.69) is 15.0 Å². The molecule has 32 heavy (non-hydrogen) atoms. The lowest BCUT2D eigenvalue weighted by atomic mass is 10.1. The number of halogens is 3. The third kappa shape index (κ3) is 6.61. The van der Waals surface area contributed by atoms with Crippen LogP contribution in [0.25, 0.3) is 10.6 Å². The maximum atomic E-state index is 12.2. The number of carbonyl (C=O) groups is 1. The lowest BCUT2D eigenvalue weighted by molar-refractivity contribution is -0.274. The van der Waals surface area contributed by atoms with Gasteiger partial charge in [0.25, 0.3) is 0 Å². The lowest BCUT2D eigenvalue weighted by Gasteiger charge is -2.09. The second-order valence-corrected chi connectivity index (χ2v) is 7.54. The summed E-state index contributed by atoms with van der Waals surface area (Å²) in [6.07, 6.45) is -4.11. The van der Waals surface area contributed by atoms with Gasteiger partial charge in [0.2, 0.25) is 5.91 Å². The quantitative estimate of drug-likeness (QED) is 0.498. The average molecular weight is 466 g/mol. The van der Waals surface area contributed by atoms with E-state index in [4.69, 9.17) is 9.47 Å². The molecule has 0 bridgehead atoms. The number of nitrogens with zero attached hydrogens (tertiary/aromatic N) is 1. The Morgan fingerprint density at radius 3 is 2.44 bits per heavy atom. The summed E-state index contributed by atoms with van der Waals surface area (Å²) >= 11 is 1.42. The summed E-state index contributed by atoms with van der Waals surface area (Å²) in [4.78, 5) is 16.7. The second kappa shape index (κ2) is 10.4. The molecule has 0 unspecified atom stereocenters. The predicted octanol–water partition coefficient (Wildman–Crippen LogP) is 4.63. The van der Waals surface area contributed by atoms with Crippen LogP contribution in [0.5, 0.6) is 17.2 Å². The van der Waals surface area contributed by atoms with Gasteiger partial charge in [-0.25, -0.2) is 4.98 Å². The first-order valence-electron chi connectivity index (χ1n) is 9.55. The molecular weight excluding hydrogens is 445 g/mol. The topological polar surface area (TPSA) is 69.7 Å². The molecule has 3 rings (SSSR count). The Morgan fingerprint density at radius 1 is 1.06 bits per heavy atom. The molecule has 1 aromatic heterocycles. The van der Waals surface area contributed by atoms with Crippen molar-refractivity contribution in [2.75, 3.05) is 20.8 Å². The number of rotatable bonds is 9. The molecule has 170 valence electrons. The number of methoxy groups -OCH3 is 2. The molecule has 0 aliphatic carbocycles. The third-order valence-corrected chi connectivity index (χ3v) is 5.36. The fourth-order valence-corrected chi connectivity index (χ4v) is 3.74. The van der Waals surface area contributed by atoms with Crippen molar-refractivity contribution in [3.8, 4) is 27.8 Å². The summed E-state index contributed by atoms with van der Waals surface area (Å²) in [5, 5.41) is 5.38. The first-order valence-corrected chi connectivity index (χ1v) is 10.4. The number of amides is 1. The Hall–Kier alpha value is -3.27. The van der Waals surface area contributed by atoms with Crippen molar-refractivity contribution in [2.45, 2.75) is 19.2 Å². The van der Waals surface area contributed by atoms with Crippen LogP contribution in [0.2, 0.25) is 0 Å². The van der Waals surface area contributed by atoms with Gasteiger partial charge in [0.1, 0.15) is 10.8 Å². The van der Waals surface area contributed by atoms with Crippen LogP contribution in [0.3, 0.4) is 0 Å². The highest BCUT2D eigenvalue weighted by atomic mass is 32.1. The van der Waals surface area contributed by atoms with Crippen LogP contribution < -0.4 is 19.5 Å². The zero-order valence-electron chi connectivity index (χ0n) is 17.4. The minimum Gasteiger partial charge on any atom is -0.493 e. The molecule has 0 radical (unpaired) electrons. The Morgan fingerprint density at radius 2 is 1.78 bits per heavy atom. The van der Waals surface area contributed by atoms with Crippen LogP contribution in [0, 0.1) is 0 Å². The van der Waals surface area contributed by atoms with Gasteiger partial charge in [-0.15, -0.1) is 24.5 Å². The van der Waals surface area contributed by atoms with E-state index < -0.39 is 6.36 Å². The molecule has 0 aliphatic rings. The maximum Gasteiger partial charge on any atom is 0.573 e. The van der Waals surface area contributed by atoms with Gasteiger partial charge in [-0.05, 0) is 42.3 Å². The van der Waals surface area contributed by atoms with Crippen molar-refractivity contribution in [1.29, 1.82) is 0 Å². The molecule has 0 aliphatic heterocycles. The number of ether oxygens (including phenoxy) is 3. The van der Waals surface area contributed by atoms with Crippen molar-refractivity contribution >= 4 is 17.2 Å². The highest BCUT2D eigenvalue weighted by Crippen LogP contribution is 2.33. The summed E-state index contributed by atoms with van der Waals surface area (Å²) in [5.41, 5.74) is 2.28. The van der Waals surface area contributed by atoms with Gasteiger partial charge < -0.3 is 19.5 Å². The molecule has 1 heterocycles. The number of thiazole rings is 1. The number of nitrogens with one attached hydrogen (secondary N) is 1.